The normalized spacial score (nSPS) is 11.5. The molecule has 0 N–H and O–H groups in total. The number of benzene rings is 1. The highest BCUT2D eigenvalue weighted by Crippen LogP contribution is 2.23. The van der Waals surface area contributed by atoms with Crippen molar-refractivity contribution in [1.29, 1.82) is 0 Å². The maximum atomic E-state index is 11.9. The Morgan fingerprint density at radius 2 is 1.82 bits per heavy atom. The fourth-order valence-corrected chi connectivity index (χ4v) is 1.46. The predicted molar refractivity (Wildman–Crippen MR) is 55.0 cm³/mol. The van der Waals surface area contributed by atoms with E-state index < -0.39 is 6.36 Å². The van der Waals surface area contributed by atoms with Crippen LogP contribution in [0.4, 0.5) is 13.2 Å². The van der Waals surface area contributed by atoms with Crippen LogP contribution in [0.1, 0.15) is 5.82 Å². The van der Waals surface area contributed by atoms with Crippen LogP contribution < -0.4 is 4.74 Å². The van der Waals surface area contributed by atoms with Crippen molar-refractivity contribution in [2.24, 2.45) is 0 Å². The van der Waals surface area contributed by atoms with Crippen LogP contribution in [0.2, 0.25) is 0 Å². The molecule has 0 amide bonds. The van der Waals surface area contributed by atoms with Crippen molar-refractivity contribution in [3.8, 4) is 11.4 Å². The number of hydrogen-bond acceptors (Lipinski definition) is 2. The molecule has 0 saturated carbocycles. The SMILES string of the molecule is Cc1nccn1-c1ccc(OC(F)(F)F)cc1. The van der Waals surface area contributed by atoms with Gasteiger partial charge in [-0.1, -0.05) is 0 Å². The standard InChI is InChI=1S/C11H9F3N2O/c1-8-15-6-7-16(8)9-2-4-10(5-3-9)17-11(12,13)14/h2-7H,1H3. The van der Waals surface area contributed by atoms with E-state index in [0.29, 0.717) is 0 Å². The van der Waals surface area contributed by atoms with Crippen LogP contribution in [0, 0.1) is 6.92 Å². The topological polar surface area (TPSA) is 27.1 Å². The maximum Gasteiger partial charge on any atom is 0.573 e. The lowest BCUT2D eigenvalue weighted by atomic mass is 10.3. The van der Waals surface area contributed by atoms with Gasteiger partial charge in [-0.3, -0.25) is 0 Å². The van der Waals surface area contributed by atoms with Crippen molar-refractivity contribution in [2.45, 2.75) is 13.3 Å². The number of halogens is 3. The van der Waals surface area contributed by atoms with Crippen molar-refractivity contribution < 1.29 is 17.9 Å². The Hall–Kier alpha value is -1.98. The second-order valence-electron chi connectivity index (χ2n) is 3.39. The summed E-state index contributed by atoms with van der Waals surface area (Å²) in [6.07, 6.45) is -1.31. The van der Waals surface area contributed by atoms with Crippen LogP contribution in [0.15, 0.2) is 36.7 Å². The molecule has 0 radical (unpaired) electrons. The van der Waals surface area contributed by atoms with Crippen molar-refractivity contribution in [1.82, 2.24) is 9.55 Å². The zero-order valence-corrected chi connectivity index (χ0v) is 8.90. The minimum Gasteiger partial charge on any atom is -0.406 e. The zero-order valence-electron chi connectivity index (χ0n) is 8.90. The van der Waals surface area contributed by atoms with Gasteiger partial charge in [0.15, 0.2) is 0 Å². The second-order valence-corrected chi connectivity index (χ2v) is 3.39. The van der Waals surface area contributed by atoms with Crippen molar-refractivity contribution in [3.63, 3.8) is 0 Å². The van der Waals surface area contributed by atoms with Crippen LogP contribution in [0.25, 0.3) is 5.69 Å². The van der Waals surface area contributed by atoms with Gasteiger partial charge in [0, 0.05) is 18.1 Å². The summed E-state index contributed by atoms with van der Waals surface area (Å²) in [5.74, 6) is 0.522. The van der Waals surface area contributed by atoms with Gasteiger partial charge in [0.1, 0.15) is 11.6 Å². The van der Waals surface area contributed by atoms with Crippen molar-refractivity contribution in [2.75, 3.05) is 0 Å². The smallest absolute Gasteiger partial charge is 0.406 e. The lowest BCUT2D eigenvalue weighted by Crippen LogP contribution is -2.17. The molecule has 0 unspecified atom stereocenters. The summed E-state index contributed by atoms with van der Waals surface area (Å²) in [7, 11) is 0. The van der Waals surface area contributed by atoms with Gasteiger partial charge in [0.2, 0.25) is 0 Å². The summed E-state index contributed by atoms with van der Waals surface area (Å²) in [4.78, 5) is 4.03. The third-order valence-corrected chi connectivity index (χ3v) is 2.17. The molecule has 2 aromatic rings. The molecular weight excluding hydrogens is 233 g/mol. The van der Waals surface area contributed by atoms with E-state index in [1.807, 2.05) is 0 Å². The summed E-state index contributed by atoms with van der Waals surface area (Å²) in [6, 6.07) is 5.61. The molecule has 0 aliphatic heterocycles. The van der Waals surface area contributed by atoms with E-state index >= 15 is 0 Å². The van der Waals surface area contributed by atoms with Crippen LogP contribution >= 0.6 is 0 Å². The second kappa shape index (κ2) is 4.12. The number of imidazole rings is 1. The molecule has 17 heavy (non-hydrogen) atoms. The molecule has 1 heterocycles. The first-order valence-corrected chi connectivity index (χ1v) is 4.82. The Bertz CT molecular complexity index is 502. The number of hydrogen-bond donors (Lipinski definition) is 0. The van der Waals surface area contributed by atoms with Crippen LogP contribution in [-0.2, 0) is 0 Å². The fourth-order valence-electron chi connectivity index (χ4n) is 1.46. The number of nitrogens with zero attached hydrogens (tertiary/aromatic N) is 2. The quantitative estimate of drug-likeness (QED) is 0.809. The monoisotopic (exact) mass is 242 g/mol. The molecule has 0 bridgehead atoms. The van der Waals surface area contributed by atoms with Crippen LogP contribution in [0.3, 0.4) is 0 Å². The number of alkyl halides is 3. The largest absolute Gasteiger partial charge is 0.573 e. The van der Waals surface area contributed by atoms with Crippen molar-refractivity contribution >= 4 is 0 Å². The maximum absolute atomic E-state index is 11.9. The third-order valence-electron chi connectivity index (χ3n) is 2.17. The van der Waals surface area contributed by atoms with Gasteiger partial charge in [-0.2, -0.15) is 0 Å². The van der Waals surface area contributed by atoms with E-state index in [2.05, 4.69) is 9.72 Å². The van der Waals surface area contributed by atoms with E-state index in [1.165, 1.54) is 24.3 Å². The first-order valence-electron chi connectivity index (χ1n) is 4.82. The summed E-state index contributed by atoms with van der Waals surface area (Å²) in [5.41, 5.74) is 0.731. The van der Waals surface area contributed by atoms with Gasteiger partial charge in [-0.05, 0) is 31.2 Å². The van der Waals surface area contributed by atoms with E-state index in [4.69, 9.17) is 0 Å². The van der Waals surface area contributed by atoms with Crippen molar-refractivity contribution in [3.05, 3.63) is 42.5 Å². The van der Waals surface area contributed by atoms with Gasteiger partial charge in [-0.15, -0.1) is 13.2 Å². The molecular formula is C11H9F3N2O. The zero-order chi connectivity index (χ0) is 12.5. The van der Waals surface area contributed by atoms with E-state index in [1.54, 1.807) is 23.9 Å². The molecule has 6 heteroatoms. The van der Waals surface area contributed by atoms with E-state index in [9.17, 15) is 13.2 Å². The first kappa shape index (κ1) is 11.5. The summed E-state index contributed by atoms with van der Waals surface area (Å²) in [6.45, 7) is 1.81. The minimum atomic E-state index is -4.66. The predicted octanol–water partition coefficient (Wildman–Crippen LogP) is 3.08. The number of aryl methyl sites for hydroxylation is 1. The minimum absolute atomic E-state index is 0.237. The van der Waals surface area contributed by atoms with Gasteiger partial charge in [0.25, 0.3) is 0 Å². The average Bonchev–Trinajstić information content (AvgIpc) is 2.63. The van der Waals surface area contributed by atoms with Gasteiger partial charge >= 0.3 is 6.36 Å². The third kappa shape index (κ3) is 2.77. The molecule has 0 saturated heterocycles. The van der Waals surface area contributed by atoms with E-state index in [0.717, 1.165) is 11.5 Å². The van der Waals surface area contributed by atoms with Gasteiger partial charge in [-0.25, -0.2) is 4.98 Å². The first-order chi connectivity index (χ1) is 7.96. The molecule has 0 spiro atoms. The van der Waals surface area contributed by atoms with Gasteiger partial charge < -0.3 is 9.30 Å². The summed E-state index contributed by atoms with van der Waals surface area (Å²) in [5, 5.41) is 0. The molecule has 0 atom stereocenters. The Labute approximate surface area is 95.5 Å². The van der Waals surface area contributed by atoms with Crippen LogP contribution in [-0.4, -0.2) is 15.9 Å². The highest BCUT2D eigenvalue weighted by atomic mass is 19.4. The Kier molecular flexibility index (Phi) is 2.79. The molecule has 1 aromatic carbocycles. The molecule has 0 aliphatic carbocycles. The van der Waals surface area contributed by atoms with Gasteiger partial charge in [0.05, 0.1) is 0 Å². The molecule has 2 rings (SSSR count). The number of ether oxygens (including phenoxy) is 1. The van der Waals surface area contributed by atoms with Crippen LogP contribution in [0.5, 0.6) is 5.75 Å². The molecule has 0 aliphatic rings. The highest BCUT2D eigenvalue weighted by Gasteiger charge is 2.30. The molecule has 0 fully saturated rings. The molecule has 90 valence electrons. The highest BCUT2D eigenvalue weighted by molar-refractivity contribution is 5.38. The fraction of sp³-hybridized carbons (Fsp3) is 0.182. The molecule has 3 nitrogen and oxygen atoms in total. The summed E-state index contributed by atoms with van der Waals surface area (Å²) < 4.78 is 41.4. The number of rotatable bonds is 2. The summed E-state index contributed by atoms with van der Waals surface area (Å²) >= 11 is 0. The Balaban J connectivity index is 2.22. The lowest BCUT2D eigenvalue weighted by molar-refractivity contribution is -0.274. The Morgan fingerprint density at radius 1 is 1.18 bits per heavy atom. The molecule has 1 aromatic heterocycles. The lowest BCUT2D eigenvalue weighted by Gasteiger charge is -2.10. The Morgan fingerprint density at radius 3 is 2.29 bits per heavy atom. The average molecular weight is 242 g/mol. The van der Waals surface area contributed by atoms with E-state index in [-0.39, 0.29) is 5.75 Å². The number of aromatic nitrogens is 2.